The first-order valence-corrected chi connectivity index (χ1v) is 4.11. The summed E-state index contributed by atoms with van der Waals surface area (Å²) >= 11 is 0. The summed E-state index contributed by atoms with van der Waals surface area (Å²) in [5.74, 6) is 0.812. The normalized spacial score (nSPS) is 41.8. The van der Waals surface area contributed by atoms with Crippen LogP contribution in [0.25, 0.3) is 0 Å². The second kappa shape index (κ2) is 2.18. The van der Waals surface area contributed by atoms with E-state index in [9.17, 15) is 4.79 Å². The summed E-state index contributed by atoms with van der Waals surface area (Å²) in [5, 5.41) is 0. The molecule has 0 N–H and O–H groups in total. The highest BCUT2D eigenvalue weighted by molar-refractivity contribution is 5.82. The van der Waals surface area contributed by atoms with E-state index in [0.717, 1.165) is 6.42 Å². The van der Waals surface area contributed by atoms with E-state index in [1.807, 2.05) is 7.05 Å². The van der Waals surface area contributed by atoms with Crippen LogP contribution < -0.4 is 0 Å². The lowest BCUT2D eigenvalue weighted by Crippen LogP contribution is -2.40. The molecule has 0 aromatic carbocycles. The molecular formula is C9H13NO. The summed E-state index contributed by atoms with van der Waals surface area (Å²) in [5.41, 5.74) is 0. The van der Waals surface area contributed by atoms with Gasteiger partial charge in [0.25, 0.3) is 0 Å². The van der Waals surface area contributed by atoms with Gasteiger partial charge in [-0.25, -0.2) is 0 Å². The van der Waals surface area contributed by atoms with Gasteiger partial charge in [-0.05, 0) is 20.4 Å². The maximum absolute atomic E-state index is 11.2. The molecular weight excluding hydrogens is 138 g/mol. The number of carbonyl (C=O) groups excluding carboxylic acids is 1. The Balaban J connectivity index is 2.25. The molecule has 0 saturated carbocycles. The number of likely N-dealkylation sites (N-methyl/N-ethyl adjacent to an activating group) is 1. The smallest absolute Gasteiger partial charge is 0.147 e. The van der Waals surface area contributed by atoms with Crippen LogP contribution >= 0.6 is 0 Å². The lowest BCUT2D eigenvalue weighted by Gasteiger charge is -2.26. The summed E-state index contributed by atoms with van der Waals surface area (Å²) in [6.07, 6.45) is 5.56. The zero-order valence-corrected chi connectivity index (χ0v) is 6.95. The average molecular weight is 151 g/mol. The molecule has 11 heavy (non-hydrogen) atoms. The summed E-state index contributed by atoms with van der Waals surface area (Å²) in [6, 6.07) is 0.707. The Morgan fingerprint density at radius 3 is 2.64 bits per heavy atom. The largest absolute Gasteiger partial charge is 0.298 e. The molecule has 3 atom stereocenters. The molecule has 0 spiro atoms. The molecule has 2 heteroatoms. The number of ketones is 1. The maximum Gasteiger partial charge on any atom is 0.147 e. The van der Waals surface area contributed by atoms with Crippen molar-refractivity contribution < 1.29 is 4.79 Å². The fraction of sp³-hybridized carbons (Fsp3) is 0.667. The lowest BCUT2D eigenvalue weighted by atomic mass is 9.99. The standard InChI is InChI=1S/C9H13NO/c1-6(11)9-7-3-4-8(5-7)10(9)2/h3-4,7-9H,5H2,1-2H3/t7-,8+,9-/m1/s1. The van der Waals surface area contributed by atoms with Gasteiger partial charge in [-0.1, -0.05) is 12.2 Å². The number of nitrogens with zero attached hydrogens (tertiary/aromatic N) is 1. The van der Waals surface area contributed by atoms with Crippen molar-refractivity contribution in [3.63, 3.8) is 0 Å². The van der Waals surface area contributed by atoms with Crippen LogP contribution in [0.3, 0.4) is 0 Å². The monoisotopic (exact) mass is 151 g/mol. The van der Waals surface area contributed by atoms with Crippen molar-refractivity contribution >= 4 is 5.78 Å². The van der Waals surface area contributed by atoms with Gasteiger partial charge in [-0.15, -0.1) is 0 Å². The number of likely N-dealkylation sites (tertiary alicyclic amines) is 1. The maximum atomic E-state index is 11.2. The first-order valence-electron chi connectivity index (χ1n) is 4.11. The Morgan fingerprint density at radius 2 is 2.27 bits per heavy atom. The Kier molecular flexibility index (Phi) is 1.39. The Labute approximate surface area is 66.9 Å². The highest BCUT2D eigenvalue weighted by atomic mass is 16.1. The molecule has 2 rings (SSSR count). The van der Waals surface area contributed by atoms with Gasteiger partial charge in [0.2, 0.25) is 0 Å². The minimum Gasteiger partial charge on any atom is -0.298 e. The highest BCUT2D eigenvalue weighted by Gasteiger charge is 2.42. The van der Waals surface area contributed by atoms with Crippen LogP contribution in [-0.2, 0) is 4.79 Å². The van der Waals surface area contributed by atoms with E-state index in [0.29, 0.717) is 17.7 Å². The highest BCUT2D eigenvalue weighted by Crippen LogP contribution is 2.36. The molecule has 1 heterocycles. The molecule has 0 unspecified atom stereocenters. The Bertz CT molecular complexity index is 222. The van der Waals surface area contributed by atoms with Crippen LogP contribution in [0.15, 0.2) is 12.2 Å². The van der Waals surface area contributed by atoms with E-state index < -0.39 is 0 Å². The van der Waals surface area contributed by atoms with Gasteiger partial charge < -0.3 is 0 Å². The molecule has 0 amide bonds. The number of rotatable bonds is 1. The SMILES string of the molecule is CC(=O)[C@@H]1[C@@H]2C=C[C@@H](C2)N1C. The fourth-order valence-corrected chi connectivity index (χ4v) is 2.34. The third kappa shape index (κ3) is 0.857. The zero-order chi connectivity index (χ0) is 8.01. The predicted octanol–water partition coefficient (Wildman–Crippen LogP) is 0.834. The van der Waals surface area contributed by atoms with Crippen molar-refractivity contribution in [3.8, 4) is 0 Å². The van der Waals surface area contributed by atoms with E-state index in [-0.39, 0.29) is 6.04 Å². The van der Waals surface area contributed by atoms with E-state index in [1.54, 1.807) is 6.92 Å². The number of carbonyl (C=O) groups is 1. The third-order valence-corrected chi connectivity index (χ3v) is 2.88. The summed E-state index contributed by atoms with van der Waals surface area (Å²) < 4.78 is 0. The van der Waals surface area contributed by atoms with Crippen molar-refractivity contribution in [2.24, 2.45) is 5.92 Å². The Morgan fingerprint density at radius 1 is 1.55 bits per heavy atom. The van der Waals surface area contributed by atoms with Crippen LogP contribution in [0.5, 0.6) is 0 Å². The van der Waals surface area contributed by atoms with Crippen LogP contribution in [-0.4, -0.2) is 29.8 Å². The van der Waals surface area contributed by atoms with Gasteiger partial charge in [0, 0.05) is 12.0 Å². The van der Waals surface area contributed by atoms with Gasteiger partial charge in [0.05, 0.1) is 6.04 Å². The van der Waals surface area contributed by atoms with Crippen molar-refractivity contribution in [2.75, 3.05) is 7.05 Å². The van der Waals surface area contributed by atoms with Crippen molar-refractivity contribution in [3.05, 3.63) is 12.2 Å². The van der Waals surface area contributed by atoms with E-state index in [1.165, 1.54) is 0 Å². The predicted molar refractivity (Wildman–Crippen MR) is 43.3 cm³/mol. The summed E-state index contributed by atoms with van der Waals surface area (Å²) in [6.45, 7) is 1.69. The van der Waals surface area contributed by atoms with Gasteiger partial charge >= 0.3 is 0 Å². The molecule has 2 nitrogen and oxygen atoms in total. The number of Topliss-reactive ketones (excluding diaryl/α,β-unsaturated/α-hetero) is 1. The third-order valence-electron chi connectivity index (χ3n) is 2.88. The fourth-order valence-electron chi connectivity index (χ4n) is 2.34. The topological polar surface area (TPSA) is 20.3 Å². The lowest BCUT2D eigenvalue weighted by molar-refractivity contribution is -0.121. The van der Waals surface area contributed by atoms with Crippen LogP contribution in [0.4, 0.5) is 0 Å². The summed E-state index contributed by atoms with van der Waals surface area (Å²) in [4.78, 5) is 13.4. The van der Waals surface area contributed by atoms with Crippen molar-refractivity contribution in [1.82, 2.24) is 4.90 Å². The quantitative estimate of drug-likeness (QED) is 0.517. The van der Waals surface area contributed by atoms with Gasteiger partial charge in [0.15, 0.2) is 0 Å². The molecule has 1 saturated heterocycles. The second-order valence-electron chi connectivity index (χ2n) is 3.57. The van der Waals surface area contributed by atoms with Gasteiger partial charge in [-0.3, -0.25) is 9.69 Å². The molecule has 0 aromatic heterocycles. The van der Waals surface area contributed by atoms with Crippen molar-refractivity contribution in [1.29, 1.82) is 0 Å². The first kappa shape index (κ1) is 7.04. The zero-order valence-electron chi connectivity index (χ0n) is 6.95. The first-order chi connectivity index (χ1) is 5.20. The average Bonchev–Trinajstić information content (AvgIpc) is 2.44. The van der Waals surface area contributed by atoms with E-state index in [4.69, 9.17) is 0 Å². The van der Waals surface area contributed by atoms with Crippen molar-refractivity contribution in [2.45, 2.75) is 25.4 Å². The number of hydrogen-bond acceptors (Lipinski definition) is 2. The Hall–Kier alpha value is -0.630. The van der Waals surface area contributed by atoms with Gasteiger partial charge in [0.1, 0.15) is 5.78 Å². The van der Waals surface area contributed by atoms with E-state index >= 15 is 0 Å². The molecule has 1 aliphatic heterocycles. The number of fused-ring (bicyclic) bond motifs is 2. The summed E-state index contributed by atoms with van der Waals surface area (Å²) in [7, 11) is 2.04. The minimum absolute atomic E-state index is 0.171. The van der Waals surface area contributed by atoms with Crippen LogP contribution in [0.1, 0.15) is 13.3 Å². The molecule has 60 valence electrons. The molecule has 1 fully saturated rings. The molecule has 2 aliphatic rings. The second-order valence-corrected chi connectivity index (χ2v) is 3.57. The molecule has 0 aromatic rings. The molecule has 0 radical (unpaired) electrons. The van der Waals surface area contributed by atoms with E-state index in [2.05, 4.69) is 17.1 Å². The molecule has 1 aliphatic carbocycles. The van der Waals surface area contributed by atoms with Crippen LogP contribution in [0, 0.1) is 5.92 Å². The van der Waals surface area contributed by atoms with Crippen LogP contribution in [0.2, 0.25) is 0 Å². The van der Waals surface area contributed by atoms with Gasteiger partial charge in [-0.2, -0.15) is 0 Å². The number of hydrogen-bond donors (Lipinski definition) is 0. The minimum atomic E-state index is 0.171. The molecule has 2 bridgehead atoms.